The minimum Gasteiger partial charge on any atom is -0.334 e. The highest BCUT2D eigenvalue weighted by Gasteiger charge is 2.35. The second kappa shape index (κ2) is 9.77. The summed E-state index contributed by atoms with van der Waals surface area (Å²) in [6.45, 7) is 6.41. The number of nitrogens with one attached hydrogen (secondary N) is 1. The lowest BCUT2D eigenvalue weighted by molar-refractivity contribution is 0.203. The van der Waals surface area contributed by atoms with Crippen molar-refractivity contribution in [3.05, 3.63) is 112 Å². The molecule has 3 aromatic carbocycles. The van der Waals surface area contributed by atoms with Crippen molar-refractivity contribution >= 4 is 11.6 Å². The summed E-state index contributed by atoms with van der Waals surface area (Å²) in [5, 5.41) is 7.25. The Morgan fingerprint density at radius 1 is 1.00 bits per heavy atom. The standard InChI is InChI=1S/C29H27FN4O2/c1-4-20-11-13-22(14-12-20)26-25(28-32-27(33-36-28)23-9-6-10-24(30)16-23)19(3)34(29(35)31-26)17-21-8-5-7-18(2)15-21/h5-16,26H,4,17H2,1-3H3,(H,31,35). The highest BCUT2D eigenvalue weighted by atomic mass is 19.1. The van der Waals surface area contributed by atoms with Crippen LogP contribution in [0.5, 0.6) is 0 Å². The van der Waals surface area contributed by atoms with Crippen molar-refractivity contribution in [3.8, 4) is 11.4 Å². The van der Waals surface area contributed by atoms with Crippen LogP contribution in [0.2, 0.25) is 0 Å². The maximum absolute atomic E-state index is 13.8. The molecular formula is C29H27FN4O2. The normalized spacial score (nSPS) is 15.8. The van der Waals surface area contributed by atoms with Gasteiger partial charge >= 0.3 is 6.03 Å². The van der Waals surface area contributed by atoms with Crippen LogP contribution in [-0.2, 0) is 13.0 Å². The molecule has 6 nitrogen and oxygen atoms in total. The number of benzene rings is 3. The molecule has 1 aliphatic heterocycles. The number of halogens is 1. The third-order valence-corrected chi connectivity index (χ3v) is 6.48. The molecule has 0 saturated carbocycles. The van der Waals surface area contributed by atoms with Gasteiger partial charge in [0.15, 0.2) is 0 Å². The molecule has 0 fully saturated rings. The fourth-order valence-electron chi connectivity index (χ4n) is 4.52. The first-order valence-corrected chi connectivity index (χ1v) is 12.0. The molecule has 0 saturated heterocycles. The SMILES string of the molecule is CCc1ccc(C2NC(=O)N(Cc3cccc(C)c3)C(C)=C2c2nc(-c3cccc(F)c3)no2)cc1. The number of aryl methyl sites for hydroxylation is 2. The predicted octanol–water partition coefficient (Wildman–Crippen LogP) is 6.44. The lowest BCUT2D eigenvalue weighted by Crippen LogP contribution is -2.45. The molecule has 0 spiro atoms. The molecule has 36 heavy (non-hydrogen) atoms. The fraction of sp³-hybridized carbons (Fsp3) is 0.207. The Labute approximate surface area is 209 Å². The zero-order valence-electron chi connectivity index (χ0n) is 20.5. The Morgan fingerprint density at radius 2 is 1.78 bits per heavy atom. The van der Waals surface area contributed by atoms with E-state index < -0.39 is 6.04 Å². The lowest BCUT2D eigenvalue weighted by Gasteiger charge is -2.35. The van der Waals surface area contributed by atoms with Gasteiger partial charge in [-0.1, -0.05) is 78.3 Å². The van der Waals surface area contributed by atoms with Crippen LogP contribution in [0.1, 0.15) is 48.0 Å². The molecule has 5 rings (SSSR count). The van der Waals surface area contributed by atoms with Gasteiger partial charge in [0.1, 0.15) is 5.82 Å². The Hall–Kier alpha value is -4.26. The van der Waals surface area contributed by atoms with Crippen molar-refractivity contribution in [2.75, 3.05) is 0 Å². The van der Waals surface area contributed by atoms with Crippen molar-refractivity contribution in [1.29, 1.82) is 0 Å². The van der Waals surface area contributed by atoms with Crippen LogP contribution in [0, 0.1) is 12.7 Å². The van der Waals surface area contributed by atoms with E-state index >= 15 is 0 Å². The first kappa shape index (κ1) is 23.5. The van der Waals surface area contributed by atoms with Gasteiger partial charge in [0.25, 0.3) is 5.89 Å². The fourth-order valence-corrected chi connectivity index (χ4v) is 4.52. The summed E-state index contributed by atoms with van der Waals surface area (Å²) >= 11 is 0. The summed E-state index contributed by atoms with van der Waals surface area (Å²) in [5.41, 5.74) is 6.20. The first-order chi connectivity index (χ1) is 17.4. The zero-order chi connectivity index (χ0) is 25.2. The van der Waals surface area contributed by atoms with Gasteiger partial charge in [0.2, 0.25) is 5.82 Å². The number of carbonyl (C=O) groups excluding carboxylic acids is 1. The molecule has 182 valence electrons. The van der Waals surface area contributed by atoms with Gasteiger partial charge in [-0.05, 0) is 49.1 Å². The maximum Gasteiger partial charge on any atom is 0.322 e. The number of nitrogens with zero attached hydrogens (tertiary/aromatic N) is 3. The second-order valence-corrected chi connectivity index (χ2v) is 8.99. The average Bonchev–Trinajstić information content (AvgIpc) is 3.36. The number of aromatic nitrogens is 2. The van der Waals surface area contributed by atoms with Crippen LogP contribution in [-0.4, -0.2) is 21.1 Å². The Bertz CT molecular complexity index is 1440. The van der Waals surface area contributed by atoms with Gasteiger partial charge in [-0.15, -0.1) is 0 Å². The molecule has 1 N–H and O–H groups in total. The third kappa shape index (κ3) is 4.64. The second-order valence-electron chi connectivity index (χ2n) is 8.99. The minimum absolute atomic E-state index is 0.202. The van der Waals surface area contributed by atoms with E-state index in [1.54, 1.807) is 17.0 Å². The van der Waals surface area contributed by atoms with E-state index in [9.17, 15) is 9.18 Å². The van der Waals surface area contributed by atoms with E-state index in [2.05, 4.69) is 40.6 Å². The summed E-state index contributed by atoms with van der Waals surface area (Å²) in [6.07, 6.45) is 0.921. The molecule has 0 radical (unpaired) electrons. The molecular weight excluding hydrogens is 455 g/mol. The zero-order valence-corrected chi connectivity index (χ0v) is 20.5. The van der Waals surface area contributed by atoms with E-state index in [-0.39, 0.29) is 23.6 Å². The number of carbonyl (C=O) groups is 1. The van der Waals surface area contributed by atoms with E-state index in [1.807, 2.05) is 44.2 Å². The van der Waals surface area contributed by atoms with Gasteiger partial charge in [0.05, 0.1) is 18.2 Å². The Morgan fingerprint density at radius 3 is 2.50 bits per heavy atom. The lowest BCUT2D eigenvalue weighted by atomic mass is 9.93. The third-order valence-electron chi connectivity index (χ3n) is 6.48. The Kier molecular flexibility index (Phi) is 6.38. The van der Waals surface area contributed by atoms with Crippen LogP contribution < -0.4 is 5.32 Å². The summed E-state index contributed by atoms with van der Waals surface area (Å²) in [4.78, 5) is 19.6. The van der Waals surface area contributed by atoms with Crippen molar-refractivity contribution in [2.45, 2.75) is 39.8 Å². The van der Waals surface area contributed by atoms with E-state index in [4.69, 9.17) is 4.52 Å². The molecule has 2 heterocycles. The maximum atomic E-state index is 13.8. The summed E-state index contributed by atoms with van der Waals surface area (Å²) in [6, 6.07) is 21.6. The summed E-state index contributed by atoms with van der Waals surface area (Å²) < 4.78 is 19.5. The quantitative estimate of drug-likeness (QED) is 0.343. The molecule has 1 unspecified atom stereocenters. The van der Waals surface area contributed by atoms with Gasteiger partial charge in [0, 0.05) is 11.3 Å². The van der Waals surface area contributed by atoms with Crippen LogP contribution in [0.4, 0.5) is 9.18 Å². The molecule has 1 aromatic heterocycles. The molecule has 7 heteroatoms. The number of rotatable bonds is 6. The number of urea groups is 1. The van der Waals surface area contributed by atoms with Crippen molar-refractivity contribution < 1.29 is 13.7 Å². The first-order valence-electron chi connectivity index (χ1n) is 12.0. The predicted molar refractivity (Wildman–Crippen MR) is 136 cm³/mol. The van der Waals surface area contributed by atoms with Crippen LogP contribution in [0.15, 0.2) is 83.0 Å². The minimum atomic E-state index is -0.474. The summed E-state index contributed by atoms with van der Waals surface area (Å²) in [5.74, 6) is 0.190. The number of hydrogen-bond donors (Lipinski definition) is 1. The van der Waals surface area contributed by atoms with Crippen LogP contribution in [0.3, 0.4) is 0 Å². The van der Waals surface area contributed by atoms with Crippen LogP contribution in [0.25, 0.3) is 17.0 Å². The molecule has 0 aliphatic carbocycles. The van der Waals surface area contributed by atoms with Crippen LogP contribution >= 0.6 is 0 Å². The largest absolute Gasteiger partial charge is 0.334 e. The van der Waals surface area contributed by atoms with E-state index in [1.165, 1.54) is 17.7 Å². The topological polar surface area (TPSA) is 71.3 Å². The van der Waals surface area contributed by atoms with Gasteiger partial charge in [-0.3, -0.25) is 4.90 Å². The Balaban J connectivity index is 1.59. The van der Waals surface area contributed by atoms with Crippen molar-refractivity contribution in [3.63, 3.8) is 0 Å². The molecule has 0 bridgehead atoms. The molecule has 2 amide bonds. The van der Waals surface area contributed by atoms with Crippen molar-refractivity contribution in [2.24, 2.45) is 0 Å². The monoisotopic (exact) mass is 482 g/mol. The number of allylic oxidation sites excluding steroid dienone is 1. The van der Waals surface area contributed by atoms with Gasteiger partial charge in [-0.2, -0.15) is 4.98 Å². The van der Waals surface area contributed by atoms with Gasteiger partial charge in [-0.25, -0.2) is 9.18 Å². The number of amides is 2. The van der Waals surface area contributed by atoms with Crippen molar-refractivity contribution in [1.82, 2.24) is 20.4 Å². The highest BCUT2D eigenvalue weighted by molar-refractivity contribution is 5.86. The smallest absolute Gasteiger partial charge is 0.322 e. The average molecular weight is 483 g/mol. The van der Waals surface area contributed by atoms with Gasteiger partial charge < -0.3 is 9.84 Å². The van der Waals surface area contributed by atoms with E-state index in [0.717, 1.165) is 28.8 Å². The highest BCUT2D eigenvalue weighted by Crippen LogP contribution is 2.38. The molecule has 1 aliphatic rings. The van der Waals surface area contributed by atoms with E-state index in [0.29, 0.717) is 17.7 Å². The molecule has 1 atom stereocenters. The summed E-state index contributed by atoms with van der Waals surface area (Å²) in [7, 11) is 0. The number of hydrogen-bond acceptors (Lipinski definition) is 4. The molecule has 4 aromatic rings.